The zero-order valence-electron chi connectivity index (χ0n) is 14.4. The molecular weight excluding hydrogens is 310 g/mol. The van der Waals surface area contributed by atoms with Gasteiger partial charge in [-0.25, -0.2) is 5.06 Å². The minimum absolute atomic E-state index is 0.112. The number of aryl methyl sites for hydroxylation is 1. The number of rotatable bonds is 6. The van der Waals surface area contributed by atoms with Gasteiger partial charge in [0.2, 0.25) is 0 Å². The molecule has 1 saturated heterocycles. The molecule has 132 valence electrons. The quantitative estimate of drug-likeness (QED) is 0.774. The zero-order valence-corrected chi connectivity index (χ0v) is 14.4. The maximum absolute atomic E-state index is 11.9. The molecule has 0 bridgehead atoms. The molecule has 1 fully saturated rings. The number of piperazine rings is 1. The highest BCUT2D eigenvalue weighted by Gasteiger charge is 2.31. The molecule has 2 rings (SSSR count). The molecule has 1 aromatic carbocycles. The van der Waals surface area contributed by atoms with Crippen LogP contribution in [0.15, 0.2) is 24.3 Å². The van der Waals surface area contributed by atoms with Gasteiger partial charge in [0.15, 0.2) is 0 Å². The Morgan fingerprint density at radius 2 is 1.96 bits per heavy atom. The van der Waals surface area contributed by atoms with Crippen molar-refractivity contribution in [2.24, 2.45) is 0 Å². The second kappa shape index (κ2) is 8.23. The van der Waals surface area contributed by atoms with Crippen LogP contribution in [0.3, 0.4) is 0 Å². The van der Waals surface area contributed by atoms with Gasteiger partial charge >= 0.3 is 5.97 Å². The molecule has 1 atom stereocenters. The van der Waals surface area contributed by atoms with E-state index in [1.807, 2.05) is 41.0 Å². The third-order valence-electron chi connectivity index (χ3n) is 4.35. The topological polar surface area (TPSA) is 73.3 Å². The second-order valence-corrected chi connectivity index (χ2v) is 6.04. The molecule has 1 amide bonds. The van der Waals surface area contributed by atoms with Crippen molar-refractivity contribution in [3.8, 4) is 0 Å². The van der Waals surface area contributed by atoms with Gasteiger partial charge in [0, 0.05) is 33.2 Å². The first-order chi connectivity index (χ1) is 11.4. The lowest BCUT2D eigenvalue weighted by atomic mass is 10.0. The van der Waals surface area contributed by atoms with Crippen LogP contribution in [0.25, 0.3) is 0 Å². The maximum Gasteiger partial charge on any atom is 0.325 e. The minimum Gasteiger partial charge on any atom is -0.480 e. The molecule has 1 aromatic rings. The van der Waals surface area contributed by atoms with Crippen LogP contribution in [-0.4, -0.2) is 78.7 Å². The molecule has 0 aromatic heterocycles. The molecule has 1 heterocycles. The lowest BCUT2D eigenvalue weighted by molar-refractivity contribution is -0.170. The molecule has 1 N–H and O–H groups in total. The second-order valence-electron chi connectivity index (χ2n) is 6.04. The summed E-state index contributed by atoms with van der Waals surface area (Å²) >= 11 is 0. The highest BCUT2D eigenvalue weighted by Crippen LogP contribution is 2.23. The van der Waals surface area contributed by atoms with Crippen molar-refractivity contribution >= 4 is 11.9 Å². The fourth-order valence-corrected chi connectivity index (χ4v) is 2.92. The van der Waals surface area contributed by atoms with Crippen LogP contribution >= 0.6 is 0 Å². The van der Waals surface area contributed by atoms with E-state index in [-0.39, 0.29) is 12.5 Å². The van der Waals surface area contributed by atoms with Crippen molar-refractivity contribution in [1.82, 2.24) is 14.9 Å². The molecule has 1 aliphatic rings. The van der Waals surface area contributed by atoms with Crippen LogP contribution in [0.5, 0.6) is 0 Å². The molecule has 7 nitrogen and oxygen atoms in total. The molecule has 0 spiro atoms. The first-order valence-corrected chi connectivity index (χ1v) is 7.99. The molecule has 24 heavy (non-hydrogen) atoms. The fourth-order valence-electron chi connectivity index (χ4n) is 2.92. The van der Waals surface area contributed by atoms with Crippen LogP contribution in [0.2, 0.25) is 0 Å². The van der Waals surface area contributed by atoms with Gasteiger partial charge in [-0.3, -0.25) is 24.2 Å². The lowest BCUT2D eigenvalue weighted by Crippen LogP contribution is -2.51. The number of nitrogens with zero attached hydrogens (tertiary/aromatic N) is 3. The van der Waals surface area contributed by atoms with E-state index in [4.69, 9.17) is 4.84 Å². The maximum atomic E-state index is 11.9. The van der Waals surface area contributed by atoms with Crippen molar-refractivity contribution in [3.63, 3.8) is 0 Å². The third-order valence-corrected chi connectivity index (χ3v) is 4.35. The smallest absolute Gasteiger partial charge is 0.325 e. The van der Waals surface area contributed by atoms with Gasteiger partial charge < -0.3 is 5.11 Å². The van der Waals surface area contributed by atoms with Crippen LogP contribution in [0.4, 0.5) is 0 Å². The molecule has 1 aliphatic heterocycles. The molecule has 0 saturated carbocycles. The highest BCUT2D eigenvalue weighted by atomic mass is 16.7. The van der Waals surface area contributed by atoms with E-state index in [2.05, 4.69) is 0 Å². The summed E-state index contributed by atoms with van der Waals surface area (Å²) in [6, 6.07) is 6.97. The number of hydrogen-bond acceptors (Lipinski definition) is 5. The van der Waals surface area contributed by atoms with E-state index in [9.17, 15) is 14.7 Å². The Hall–Kier alpha value is -1.96. The van der Waals surface area contributed by atoms with Gasteiger partial charge in [-0.2, -0.15) is 0 Å². The first-order valence-electron chi connectivity index (χ1n) is 7.99. The fraction of sp³-hybridized carbons (Fsp3) is 0.529. The van der Waals surface area contributed by atoms with Crippen LogP contribution in [0, 0.1) is 6.92 Å². The Bertz CT molecular complexity index is 585. The van der Waals surface area contributed by atoms with Gasteiger partial charge in [-0.05, 0) is 12.5 Å². The number of hydrogen-bond donors (Lipinski definition) is 1. The summed E-state index contributed by atoms with van der Waals surface area (Å²) in [6.07, 6.45) is 0. The van der Waals surface area contributed by atoms with Gasteiger partial charge in [0.1, 0.15) is 6.04 Å². The SMILES string of the molecule is CON(C)C(=O)CN1CCN(C(C(=O)O)c2cccc(C)c2)CC1. The number of carbonyl (C=O) groups is 2. The third kappa shape index (κ3) is 4.53. The number of amides is 1. The summed E-state index contributed by atoms with van der Waals surface area (Å²) in [5.74, 6) is -0.955. The van der Waals surface area contributed by atoms with Crippen LogP contribution < -0.4 is 0 Å². The van der Waals surface area contributed by atoms with Gasteiger partial charge in [0.05, 0.1) is 13.7 Å². The standard InChI is InChI=1S/C17H25N3O4/c1-13-5-4-6-14(11-13)16(17(22)23)20-9-7-19(8-10-20)12-15(21)18(2)24-3/h4-6,11,16H,7-10,12H2,1-3H3,(H,22,23). The summed E-state index contributed by atoms with van der Waals surface area (Å²) in [7, 11) is 3.03. The number of aliphatic carboxylic acids is 1. The van der Waals surface area contributed by atoms with Crippen molar-refractivity contribution in [3.05, 3.63) is 35.4 Å². The summed E-state index contributed by atoms with van der Waals surface area (Å²) in [5.41, 5.74) is 1.84. The number of carboxylic acids is 1. The van der Waals surface area contributed by atoms with E-state index in [1.165, 1.54) is 12.2 Å². The van der Waals surface area contributed by atoms with Crippen LogP contribution in [-0.2, 0) is 14.4 Å². The first kappa shape index (κ1) is 18.4. The number of likely N-dealkylation sites (N-methyl/N-ethyl adjacent to an activating group) is 1. The van der Waals surface area contributed by atoms with E-state index in [0.717, 1.165) is 11.1 Å². The van der Waals surface area contributed by atoms with Crippen molar-refractivity contribution < 1.29 is 19.5 Å². The van der Waals surface area contributed by atoms with E-state index >= 15 is 0 Å². The van der Waals surface area contributed by atoms with E-state index in [1.54, 1.807) is 7.05 Å². The molecule has 7 heteroatoms. The average molecular weight is 335 g/mol. The Morgan fingerprint density at radius 1 is 1.29 bits per heavy atom. The molecule has 1 unspecified atom stereocenters. The van der Waals surface area contributed by atoms with Gasteiger partial charge in [0.25, 0.3) is 5.91 Å². The van der Waals surface area contributed by atoms with Crippen molar-refractivity contribution in [2.75, 3.05) is 46.9 Å². The summed E-state index contributed by atoms with van der Waals surface area (Å²) in [6.45, 7) is 4.75. The predicted octanol–water partition coefficient (Wildman–Crippen LogP) is 0.758. The van der Waals surface area contributed by atoms with E-state index < -0.39 is 12.0 Å². The van der Waals surface area contributed by atoms with Gasteiger partial charge in [-0.1, -0.05) is 29.8 Å². The monoisotopic (exact) mass is 335 g/mol. The Balaban J connectivity index is 1.98. The molecule has 0 aliphatic carbocycles. The molecular formula is C17H25N3O4. The number of hydroxylamine groups is 2. The number of carbonyl (C=O) groups excluding carboxylic acids is 1. The average Bonchev–Trinajstić information content (AvgIpc) is 2.55. The Labute approximate surface area is 142 Å². The largest absolute Gasteiger partial charge is 0.480 e. The lowest BCUT2D eigenvalue weighted by Gasteiger charge is -2.37. The summed E-state index contributed by atoms with van der Waals surface area (Å²) < 4.78 is 0. The molecule has 0 radical (unpaired) electrons. The van der Waals surface area contributed by atoms with Crippen molar-refractivity contribution in [2.45, 2.75) is 13.0 Å². The summed E-state index contributed by atoms with van der Waals surface area (Å²) in [4.78, 5) is 32.5. The summed E-state index contributed by atoms with van der Waals surface area (Å²) in [5, 5.41) is 10.9. The Kier molecular flexibility index (Phi) is 6.30. The normalized spacial score (nSPS) is 17.5. The Morgan fingerprint density at radius 3 is 2.50 bits per heavy atom. The van der Waals surface area contributed by atoms with E-state index in [0.29, 0.717) is 26.2 Å². The van der Waals surface area contributed by atoms with Gasteiger partial charge in [-0.15, -0.1) is 0 Å². The number of benzene rings is 1. The predicted molar refractivity (Wildman–Crippen MR) is 89.3 cm³/mol. The highest BCUT2D eigenvalue weighted by molar-refractivity contribution is 5.77. The number of carboxylic acid groups (broad SMARTS) is 1. The minimum atomic E-state index is -0.843. The van der Waals surface area contributed by atoms with Crippen LogP contribution in [0.1, 0.15) is 17.2 Å². The van der Waals surface area contributed by atoms with Crippen molar-refractivity contribution in [1.29, 1.82) is 0 Å². The zero-order chi connectivity index (χ0) is 17.7.